The fourth-order valence-corrected chi connectivity index (χ4v) is 7.01. The van der Waals surface area contributed by atoms with Gasteiger partial charge in [0.1, 0.15) is 0 Å². The van der Waals surface area contributed by atoms with Crippen molar-refractivity contribution in [3.8, 4) is 0 Å². The quantitative estimate of drug-likeness (QED) is 0.435. The second-order valence-corrected chi connectivity index (χ2v) is 11.7. The zero-order valence-electron chi connectivity index (χ0n) is 20.8. The van der Waals surface area contributed by atoms with Gasteiger partial charge in [-0.05, 0) is 56.8 Å². The van der Waals surface area contributed by atoms with Gasteiger partial charge in [0.15, 0.2) is 10.9 Å². The minimum Gasteiger partial charge on any atom is -0.459 e. The number of rotatable bonds is 8. The molecule has 35 heavy (non-hydrogen) atoms. The monoisotopic (exact) mass is 504 g/mol. The molecule has 0 spiro atoms. The zero-order valence-corrected chi connectivity index (χ0v) is 21.7. The second kappa shape index (κ2) is 10.0. The maximum atomic E-state index is 13.0. The molecule has 2 aromatic rings. The highest BCUT2D eigenvalue weighted by atomic mass is 32.1. The Morgan fingerprint density at radius 2 is 2.11 bits per heavy atom. The highest BCUT2D eigenvalue weighted by Crippen LogP contribution is 2.62. The molecule has 2 aromatic heterocycles. The van der Waals surface area contributed by atoms with Crippen LogP contribution in [0.15, 0.2) is 22.8 Å². The summed E-state index contributed by atoms with van der Waals surface area (Å²) in [7, 11) is 3.92. The Bertz CT molecular complexity index is 1050. The number of carbonyl (C=O) groups is 2. The lowest BCUT2D eigenvalue weighted by atomic mass is 9.47. The molecule has 192 valence electrons. The van der Waals surface area contributed by atoms with Crippen molar-refractivity contribution in [3.63, 3.8) is 0 Å². The molecule has 0 aliphatic heterocycles. The molecular formula is C25H36N4O5S. The van der Waals surface area contributed by atoms with E-state index in [0.29, 0.717) is 24.5 Å². The molecule has 0 radical (unpaired) electrons. The summed E-state index contributed by atoms with van der Waals surface area (Å²) in [5.74, 6) is -0.454. The first-order chi connectivity index (χ1) is 16.6. The Labute approximate surface area is 209 Å². The molecule has 2 heterocycles. The molecule has 4 N–H and O–H groups in total. The van der Waals surface area contributed by atoms with Crippen molar-refractivity contribution < 1.29 is 24.2 Å². The number of nitrogens with zero attached hydrogens (tertiary/aromatic N) is 2. The molecule has 0 unspecified atom stereocenters. The molecule has 2 aliphatic carbocycles. The molecular weight excluding hydrogens is 468 g/mol. The molecule has 9 nitrogen and oxygen atoms in total. The molecule has 1 fully saturated rings. The average molecular weight is 505 g/mol. The Balaban J connectivity index is 1.66. The van der Waals surface area contributed by atoms with E-state index in [4.69, 9.17) is 9.40 Å². The summed E-state index contributed by atoms with van der Waals surface area (Å²) in [5, 5.41) is 27.5. The largest absolute Gasteiger partial charge is 0.459 e. The van der Waals surface area contributed by atoms with Crippen LogP contribution in [-0.2, 0) is 11.2 Å². The minimum absolute atomic E-state index is 0.0371. The van der Waals surface area contributed by atoms with Gasteiger partial charge in [-0.1, -0.05) is 13.8 Å². The lowest BCUT2D eigenvalue weighted by Gasteiger charge is -2.58. The van der Waals surface area contributed by atoms with Gasteiger partial charge in [-0.15, -0.1) is 11.3 Å². The summed E-state index contributed by atoms with van der Waals surface area (Å²) in [5.41, 5.74) is -0.187. The first-order valence-corrected chi connectivity index (χ1v) is 12.9. The van der Waals surface area contributed by atoms with Crippen molar-refractivity contribution in [3.05, 3.63) is 34.7 Å². The predicted octanol–water partition coefficient (Wildman–Crippen LogP) is 2.47. The maximum absolute atomic E-state index is 13.0. The number of fused-ring (bicyclic) bond motifs is 2. The summed E-state index contributed by atoms with van der Waals surface area (Å²) < 4.78 is 5.20. The molecule has 0 saturated heterocycles. The van der Waals surface area contributed by atoms with Gasteiger partial charge in [0.05, 0.1) is 24.7 Å². The molecule has 2 aliphatic rings. The topological polar surface area (TPSA) is 128 Å². The molecule has 0 bridgehead atoms. The second-order valence-electron chi connectivity index (χ2n) is 10.6. The van der Waals surface area contributed by atoms with E-state index in [-0.39, 0.29) is 47.9 Å². The van der Waals surface area contributed by atoms with E-state index in [1.165, 1.54) is 17.6 Å². The average Bonchev–Trinajstić information content (AvgIpc) is 3.48. The normalized spacial score (nSPS) is 30.0. The SMILES string of the molecule is CN(C)CCNC(=O)C[C@@H]1c2nc(NC(=O)c3ccco3)sc2C[C@@H]2[C@](C)(CO)[C@H](O)CC[C@]21C. The third-order valence-corrected chi connectivity index (χ3v) is 9.14. The smallest absolute Gasteiger partial charge is 0.293 e. The van der Waals surface area contributed by atoms with Gasteiger partial charge < -0.3 is 24.8 Å². The van der Waals surface area contributed by atoms with E-state index in [2.05, 4.69) is 17.6 Å². The number of furan rings is 1. The van der Waals surface area contributed by atoms with Crippen LogP contribution in [0.2, 0.25) is 0 Å². The van der Waals surface area contributed by atoms with Gasteiger partial charge in [-0.3, -0.25) is 14.9 Å². The van der Waals surface area contributed by atoms with Crippen molar-refractivity contribution in [1.82, 2.24) is 15.2 Å². The first-order valence-electron chi connectivity index (χ1n) is 12.1. The number of hydrogen-bond donors (Lipinski definition) is 4. The number of aliphatic hydroxyl groups is 2. The number of carbonyl (C=O) groups excluding carboxylic acids is 2. The van der Waals surface area contributed by atoms with E-state index < -0.39 is 11.5 Å². The molecule has 1 saturated carbocycles. The van der Waals surface area contributed by atoms with Gasteiger partial charge >= 0.3 is 0 Å². The van der Waals surface area contributed by atoms with Crippen molar-refractivity contribution in [2.24, 2.45) is 16.7 Å². The van der Waals surface area contributed by atoms with E-state index in [1.807, 2.05) is 25.9 Å². The van der Waals surface area contributed by atoms with Crippen LogP contribution in [0, 0.1) is 16.7 Å². The van der Waals surface area contributed by atoms with Crippen LogP contribution in [-0.4, -0.2) is 71.8 Å². The summed E-state index contributed by atoms with van der Waals surface area (Å²) in [4.78, 5) is 33.4. The lowest BCUT2D eigenvalue weighted by molar-refractivity contribution is -0.144. The number of likely N-dealkylation sites (N-methyl/N-ethyl adjacent to an activating group) is 1. The Kier molecular flexibility index (Phi) is 7.38. The molecule has 10 heteroatoms. The Morgan fingerprint density at radius 1 is 1.34 bits per heavy atom. The summed E-state index contributed by atoms with van der Waals surface area (Å²) in [6.07, 6.45) is 3.01. The number of aliphatic hydroxyl groups excluding tert-OH is 2. The molecule has 2 amide bonds. The Morgan fingerprint density at radius 3 is 2.77 bits per heavy atom. The predicted molar refractivity (Wildman–Crippen MR) is 133 cm³/mol. The van der Waals surface area contributed by atoms with Crippen LogP contribution < -0.4 is 10.6 Å². The van der Waals surface area contributed by atoms with Gasteiger partial charge in [0.2, 0.25) is 5.91 Å². The molecule has 5 atom stereocenters. The first kappa shape index (κ1) is 25.8. The third-order valence-electron chi connectivity index (χ3n) is 8.13. The van der Waals surface area contributed by atoms with Crippen LogP contribution in [0.3, 0.4) is 0 Å². The summed E-state index contributed by atoms with van der Waals surface area (Å²) >= 11 is 1.39. The summed E-state index contributed by atoms with van der Waals surface area (Å²) in [6.45, 7) is 5.28. The van der Waals surface area contributed by atoms with Gasteiger partial charge in [0.25, 0.3) is 5.91 Å². The van der Waals surface area contributed by atoms with Gasteiger partial charge in [-0.25, -0.2) is 4.98 Å². The van der Waals surface area contributed by atoms with E-state index in [9.17, 15) is 19.8 Å². The van der Waals surface area contributed by atoms with Gasteiger partial charge in [0, 0.05) is 35.7 Å². The fourth-order valence-electron chi connectivity index (χ4n) is 5.94. The fraction of sp³-hybridized carbons (Fsp3) is 0.640. The van der Waals surface area contributed by atoms with Gasteiger partial charge in [-0.2, -0.15) is 0 Å². The van der Waals surface area contributed by atoms with E-state index in [0.717, 1.165) is 23.5 Å². The van der Waals surface area contributed by atoms with Crippen molar-refractivity contribution >= 4 is 28.3 Å². The van der Waals surface area contributed by atoms with E-state index >= 15 is 0 Å². The number of nitrogens with one attached hydrogen (secondary N) is 2. The molecule has 0 aromatic carbocycles. The highest BCUT2D eigenvalue weighted by molar-refractivity contribution is 7.15. The number of anilines is 1. The Hall–Kier alpha value is -2.27. The summed E-state index contributed by atoms with van der Waals surface area (Å²) in [6, 6.07) is 3.24. The maximum Gasteiger partial charge on any atom is 0.293 e. The standard InChI is InChI=1S/C25H36N4O5S/c1-24-8-7-19(31)25(2,14-30)18(24)13-17-21(15(24)12-20(32)26-9-10-29(3)4)27-23(35-17)28-22(33)16-6-5-11-34-16/h5-6,11,15,18-19,30-31H,7-10,12-14H2,1-4H3,(H,26,32)(H,27,28,33)/t15-,18+,19-,24+,25+/m1/s1. The van der Waals surface area contributed by atoms with Crippen LogP contribution in [0.4, 0.5) is 5.13 Å². The van der Waals surface area contributed by atoms with Crippen LogP contribution in [0.5, 0.6) is 0 Å². The van der Waals surface area contributed by atoms with Crippen molar-refractivity contribution in [2.75, 3.05) is 39.1 Å². The van der Waals surface area contributed by atoms with E-state index in [1.54, 1.807) is 12.1 Å². The minimum atomic E-state index is -0.689. The number of aromatic nitrogens is 1. The lowest BCUT2D eigenvalue weighted by Crippen LogP contribution is -2.57. The number of hydrogen-bond acceptors (Lipinski definition) is 8. The highest BCUT2D eigenvalue weighted by Gasteiger charge is 2.59. The van der Waals surface area contributed by atoms with Crippen LogP contribution in [0.25, 0.3) is 0 Å². The zero-order chi connectivity index (χ0) is 25.4. The van der Waals surface area contributed by atoms with Crippen LogP contribution in [0.1, 0.15) is 60.2 Å². The van der Waals surface area contributed by atoms with Crippen molar-refractivity contribution in [2.45, 2.75) is 51.6 Å². The molecule has 4 rings (SSSR count). The van der Waals surface area contributed by atoms with Crippen molar-refractivity contribution in [1.29, 1.82) is 0 Å². The third kappa shape index (κ3) is 4.89. The number of thiazole rings is 1. The number of amides is 2. The van der Waals surface area contributed by atoms with Crippen LogP contribution >= 0.6 is 11.3 Å².